The van der Waals surface area contributed by atoms with Crippen LogP contribution in [-0.2, 0) is 9.59 Å². The molecule has 0 bridgehead atoms. The Bertz CT molecular complexity index is 517. The fourth-order valence-electron chi connectivity index (χ4n) is 2.70. The number of amides is 1. The number of carbonyl (C=O) groups excluding carboxylic acids is 1. The lowest BCUT2D eigenvalue weighted by Gasteiger charge is -2.22. The van der Waals surface area contributed by atoms with Crippen LogP contribution in [0.15, 0.2) is 24.3 Å². The summed E-state index contributed by atoms with van der Waals surface area (Å²) in [5, 5.41) is 12.7. The van der Waals surface area contributed by atoms with Crippen LogP contribution in [0.1, 0.15) is 32.1 Å². The van der Waals surface area contributed by atoms with Crippen LogP contribution in [0.3, 0.4) is 0 Å². The van der Waals surface area contributed by atoms with Gasteiger partial charge in [-0.05, 0) is 37.1 Å². The van der Waals surface area contributed by atoms with E-state index < -0.39 is 11.9 Å². The van der Waals surface area contributed by atoms with E-state index in [1.807, 2.05) is 0 Å². The van der Waals surface area contributed by atoms with Crippen molar-refractivity contribution in [2.24, 2.45) is 5.92 Å². The number of hydrogen-bond acceptors (Lipinski definition) is 3. The minimum atomic E-state index is -0.842. The van der Waals surface area contributed by atoms with Gasteiger partial charge < -0.3 is 15.2 Å². The fraction of sp³-hybridized carbons (Fsp3) is 0.500. The number of nitrogens with one attached hydrogen (secondary N) is 1. The van der Waals surface area contributed by atoms with E-state index in [9.17, 15) is 14.7 Å². The van der Waals surface area contributed by atoms with Gasteiger partial charge in [-0.1, -0.05) is 30.9 Å². The van der Waals surface area contributed by atoms with Crippen molar-refractivity contribution in [1.82, 2.24) is 5.32 Å². The number of halogens is 1. The summed E-state index contributed by atoms with van der Waals surface area (Å²) in [6, 6.07) is 6.41. The van der Waals surface area contributed by atoms with Crippen molar-refractivity contribution in [3.63, 3.8) is 0 Å². The van der Waals surface area contributed by atoms with Crippen LogP contribution in [0.25, 0.3) is 0 Å². The first-order valence-corrected chi connectivity index (χ1v) is 7.84. The maximum Gasteiger partial charge on any atom is 0.308 e. The summed E-state index contributed by atoms with van der Waals surface area (Å²) in [5.41, 5.74) is 0. The van der Waals surface area contributed by atoms with Gasteiger partial charge in [0.05, 0.1) is 5.92 Å². The number of benzene rings is 1. The van der Waals surface area contributed by atoms with E-state index in [1.54, 1.807) is 24.3 Å². The van der Waals surface area contributed by atoms with Crippen LogP contribution < -0.4 is 10.1 Å². The lowest BCUT2D eigenvalue weighted by molar-refractivity contribution is -0.143. The molecule has 0 aliphatic heterocycles. The average Bonchev–Trinajstić information content (AvgIpc) is 2.72. The predicted molar refractivity (Wildman–Crippen MR) is 83.1 cm³/mol. The van der Waals surface area contributed by atoms with E-state index in [0.717, 1.165) is 19.3 Å². The molecule has 22 heavy (non-hydrogen) atoms. The van der Waals surface area contributed by atoms with Gasteiger partial charge in [-0.3, -0.25) is 9.59 Å². The maximum atomic E-state index is 12.0. The Kier molecular flexibility index (Phi) is 6.07. The molecule has 2 rings (SSSR count). The molecule has 5 nitrogen and oxygen atoms in total. The Morgan fingerprint density at radius 2 is 1.86 bits per heavy atom. The predicted octanol–water partition coefficient (Wildman–Crippen LogP) is 2.87. The van der Waals surface area contributed by atoms with Crippen molar-refractivity contribution in [3.8, 4) is 5.75 Å². The number of carboxylic acids is 1. The van der Waals surface area contributed by atoms with Gasteiger partial charge in [-0.15, -0.1) is 0 Å². The van der Waals surface area contributed by atoms with Crippen LogP contribution in [0, 0.1) is 5.92 Å². The molecule has 0 unspecified atom stereocenters. The summed E-state index contributed by atoms with van der Waals surface area (Å²) in [7, 11) is 0. The highest BCUT2D eigenvalue weighted by molar-refractivity contribution is 6.30. The second-order valence-electron chi connectivity index (χ2n) is 5.50. The highest BCUT2D eigenvalue weighted by atomic mass is 35.5. The topological polar surface area (TPSA) is 75.6 Å². The van der Waals surface area contributed by atoms with Gasteiger partial charge in [0.25, 0.3) is 5.91 Å². The standard InChI is InChI=1S/C16H20ClNO4/c17-11-6-8-12(9-7-11)22-10-15(19)18-14-5-3-1-2-4-13(14)16(20)21/h6-9,13-14H,1-5,10H2,(H,18,19)(H,20,21)/t13-,14+/m1/s1. The smallest absolute Gasteiger partial charge is 0.308 e. The van der Waals surface area contributed by atoms with E-state index in [2.05, 4.69) is 5.32 Å². The van der Waals surface area contributed by atoms with E-state index in [0.29, 0.717) is 23.6 Å². The molecule has 0 aromatic heterocycles. The van der Waals surface area contributed by atoms with Crippen LogP contribution >= 0.6 is 11.6 Å². The number of aliphatic carboxylic acids is 1. The summed E-state index contributed by atoms with van der Waals surface area (Å²) in [5.74, 6) is -1.10. The van der Waals surface area contributed by atoms with E-state index in [1.165, 1.54) is 0 Å². The second kappa shape index (κ2) is 8.03. The van der Waals surface area contributed by atoms with Crippen molar-refractivity contribution in [2.45, 2.75) is 38.1 Å². The molecular formula is C16H20ClNO4. The Morgan fingerprint density at radius 3 is 2.55 bits per heavy atom. The number of hydrogen-bond donors (Lipinski definition) is 2. The highest BCUT2D eigenvalue weighted by Gasteiger charge is 2.30. The molecule has 6 heteroatoms. The van der Waals surface area contributed by atoms with Crippen LogP contribution in [0.2, 0.25) is 5.02 Å². The molecule has 0 saturated heterocycles. The van der Waals surface area contributed by atoms with Gasteiger partial charge in [0, 0.05) is 11.1 Å². The van der Waals surface area contributed by atoms with Crippen LogP contribution in [0.5, 0.6) is 5.75 Å². The Morgan fingerprint density at radius 1 is 1.18 bits per heavy atom. The fourth-order valence-corrected chi connectivity index (χ4v) is 2.83. The molecule has 2 N–H and O–H groups in total. The molecule has 1 fully saturated rings. The quantitative estimate of drug-likeness (QED) is 0.816. The maximum absolute atomic E-state index is 12.0. The van der Waals surface area contributed by atoms with Gasteiger partial charge in [0.15, 0.2) is 6.61 Å². The third-order valence-electron chi connectivity index (χ3n) is 3.86. The normalized spacial score (nSPS) is 21.7. The molecule has 1 saturated carbocycles. The summed E-state index contributed by atoms with van der Waals surface area (Å²) in [6.45, 7) is -0.134. The summed E-state index contributed by atoms with van der Waals surface area (Å²) in [4.78, 5) is 23.3. The minimum Gasteiger partial charge on any atom is -0.484 e. The zero-order valence-corrected chi connectivity index (χ0v) is 13.0. The monoisotopic (exact) mass is 325 g/mol. The van der Waals surface area contributed by atoms with Gasteiger partial charge in [0.2, 0.25) is 0 Å². The molecule has 0 radical (unpaired) electrons. The first-order chi connectivity index (χ1) is 10.6. The zero-order valence-electron chi connectivity index (χ0n) is 12.3. The molecule has 120 valence electrons. The molecule has 1 aromatic carbocycles. The van der Waals surface area contributed by atoms with Gasteiger partial charge in [-0.25, -0.2) is 0 Å². The molecule has 2 atom stereocenters. The van der Waals surface area contributed by atoms with Crippen molar-refractivity contribution < 1.29 is 19.4 Å². The molecule has 0 heterocycles. The summed E-state index contributed by atoms with van der Waals surface area (Å²) >= 11 is 5.77. The molecule has 1 aliphatic rings. The van der Waals surface area contributed by atoms with Crippen LogP contribution in [-0.4, -0.2) is 29.6 Å². The first-order valence-electron chi connectivity index (χ1n) is 7.47. The SMILES string of the molecule is O=C(COc1ccc(Cl)cc1)N[C@H]1CCCCC[C@H]1C(=O)O. The molecule has 1 amide bonds. The Hall–Kier alpha value is -1.75. The third kappa shape index (κ3) is 4.91. The molecule has 0 spiro atoms. The van der Waals surface area contributed by atoms with Crippen molar-refractivity contribution >= 4 is 23.5 Å². The van der Waals surface area contributed by atoms with Gasteiger partial charge in [-0.2, -0.15) is 0 Å². The third-order valence-corrected chi connectivity index (χ3v) is 4.12. The minimum absolute atomic E-state index is 0.134. The number of ether oxygens (including phenoxy) is 1. The second-order valence-corrected chi connectivity index (χ2v) is 5.94. The van der Waals surface area contributed by atoms with Crippen molar-refractivity contribution in [1.29, 1.82) is 0 Å². The van der Waals surface area contributed by atoms with Crippen molar-refractivity contribution in [3.05, 3.63) is 29.3 Å². The summed E-state index contributed by atoms with van der Waals surface area (Å²) < 4.78 is 5.37. The number of rotatable bonds is 5. The van der Waals surface area contributed by atoms with E-state index in [-0.39, 0.29) is 18.6 Å². The summed E-state index contributed by atoms with van der Waals surface area (Å²) in [6.07, 6.45) is 4.15. The molecule has 1 aromatic rings. The van der Waals surface area contributed by atoms with Gasteiger partial charge >= 0.3 is 5.97 Å². The lowest BCUT2D eigenvalue weighted by atomic mass is 9.95. The Balaban J connectivity index is 1.86. The first kappa shape index (κ1) is 16.6. The number of carbonyl (C=O) groups is 2. The average molecular weight is 326 g/mol. The van der Waals surface area contributed by atoms with Crippen molar-refractivity contribution in [2.75, 3.05) is 6.61 Å². The van der Waals surface area contributed by atoms with E-state index >= 15 is 0 Å². The Labute approximate surface area is 134 Å². The van der Waals surface area contributed by atoms with Gasteiger partial charge in [0.1, 0.15) is 5.75 Å². The molecule has 1 aliphatic carbocycles. The zero-order chi connectivity index (χ0) is 15.9. The van der Waals surface area contributed by atoms with Crippen LogP contribution in [0.4, 0.5) is 0 Å². The van der Waals surface area contributed by atoms with E-state index in [4.69, 9.17) is 16.3 Å². The molecular weight excluding hydrogens is 306 g/mol. The lowest BCUT2D eigenvalue weighted by Crippen LogP contribution is -2.44. The number of carboxylic acid groups (broad SMARTS) is 1. The largest absolute Gasteiger partial charge is 0.484 e. The highest BCUT2D eigenvalue weighted by Crippen LogP contribution is 2.24.